The lowest BCUT2D eigenvalue weighted by Crippen LogP contribution is -2.17. The van der Waals surface area contributed by atoms with Gasteiger partial charge in [-0.15, -0.1) is 0 Å². The van der Waals surface area contributed by atoms with Crippen LogP contribution in [0.1, 0.15) is 11.1 Å². The molecule has 2 amide bonds. The summed E-state index contributed by atoms with van der Waals surface area (Å²) in [5.74, 6) is 0.428. The molecule has 0 atom stereocenters. The highest BCUT2D eigenvalue weighted by Crippen LogP contribution is 2.26. The SMILES string of the molecule is O=C1NC(=O)/C(=C/c2ccc(OCCc3cccc4ccccc34)cc2)S1. The van der Waals surface area contributed by atoms with Gasteiger partial charge in [-0.25, -0.2) is 0 Å². The van der Waals surface area contributed by atoms with Crippen LogP contribution in [-0.4, -0.2) is 17.8 Å². The number of amides is 2. The number of hydrogen-bond donors (Lipinski definition) is 1. The molecule has 1 heterocycles. The van der Waals surface area contributed by atoms with Crippen LogP contribution in [0.15, 0.2) is 71.6 Å². The minimum absolute atomic E-state index is 0.334. The summed E-state index contributed by atoms with van der Waals surface area (Å²) >= 11 is 0.915. The van der Waals surface area contributed by atoms with E-state index in [0.29, 0.717) is 11.5 Å². The Hall–Kier alpha value is -3.05. The molecule has 1 N–H and O–H groups in total. The lowest BCUT2D eigenvalue weighted by molar-refractivity contribution is -0.115. The van der Waals surface area contributed by atoms with Gasteiger partial charge in [0.1, 0.15) is 5.75 Å². The molecule has 0 spiro atoms. The summed E-state index contributed by atoms with van der Waals surface area (Å²) in [5, 5.41) is 4.41. The Morgan fingerprint density at radius 2 is 1.70 bits per heavy atom. The highest BCUT2D eigenvalue weighted by Gasteiger charge is 2.24. The van der Waals surface area contributed by atoms with Gasteiger partial charge in [-0.2, -0.15) is 0 Å². The highest BCUT2D eigenvalue weighted by atomic mass is 32.2. The fourth-order valence-corrected chi connectivity index (χ4v) is 3.70. The summed E-state index contributed by atoms with van der Waals surface area (Å²) in [5.41, 5.74) is 2.12. The summed E-state index contributed by atoms with van der Waals surface area (Å²) in [6.45, 7) is 0.585. The Balaban J connectivity index is 1.38. The van der Waals surface area contributed by atoms with Crippen molar-refractivity contribution in [2.75, 3.05) is 6.61 Å². The zero-order valence-electron chi connectivity index (χ0n) is 14.5. The fraction of sp³-hybridized carbons (Fsp3) is 0.0909. The minimum atomic E-state index is -0.347. The third-order valence-electron chi connectivity index (χ3n) is 4.34. The molecular formula is C22H17NO3S. The molecule has 4 nitrogen and oxygen atoms in total. The van der Waals surface area contributed by atoms with Gasteiger partial charge in [0.2, 0.25) is 0 Å². The summed E-state index contributed by atoms with van der Waals surface area (Å²) in [6.07, 6.45) is 2.52. The molecule has 0 unspecified atom stereocenters. The van der Waals surface area contributed by atoms with Crippen molar-refractivity contribution in [3.63, 3.8) is 0 Å². The van der Waals surface area contributed by atoms with Crippen LogP contribution < -0.4 is 10.1 Å². The minimum Gasteiger partial charge on any atom is -0.493 e. The first-order valence-corrected chi connectivity index (χ1v) is 9.45. The Labute approximate surface area is 161 Å². The molecule has 1 aliphatic heterocycles. The van der Waals surface area contributed by atoms with Gasteiger partial charge in [0.25, 0.3) is 11.1 Å². The zero-order chi connectivity index (χ0) is 18.6. The molecule has 134 valence electrons. The molecule has 3 aromatic rings. The second-order valence-electron chi connectivity index (χ2n) is 6.16. The van der Waals surface area contributed by atoms with E-state index in [1.807, 2.05) is 30.3 Å². The molecule has 1 saturated heterocycles. The van der Waals surface area contributed by atoms with Crippen molar-refractivity contribution in [3.8, 4) is 5.75 Å². The van der Waals surface area contributed by atoms with E-state index in [-0.39, 0.29) is 11.1 Å². The van der Waals surface area contributed by atoms with Crippen LogP contribution in [0.3, 0.4) is 0 Å². The first-order valence-electron chi connectivity index (χ1n) is 8.63. The van der Waals surface area contributed by atoms with Crippen molar-refractivity contribution in [1.29, 1.82) is 0 Å². The van der Waals surface area contributed by atoms with Gasteiger partial charge in [0.15, 0.2) is 0 Å². The molecule has 0 bridgehead atoms. The summed E-state index contributed by atoms with van der Waals surface area (Å²) in [6, 6.07) is 22.1. The van der Waals surface area contributed by atoms with Gasteiger partial charge in [-0.1, -0.05) is 54.6 Å². The second-order valence-corrected chi connectivity index (χ2v) is 7.17. The molecule has 1 fully saturated rings. The molecular weight excluding hydrogens is 358 g/mol. The predicted molar refractivity (Wildman–Crippen MR) is 109 cm³/mol. The first-order chi connectivity index (χ1) is 13.2. The largest absolute Gasteiger partial charge is 0.493 e. The fourth-order valence-electron chi connectivity index (χ4n) is 3.02. The Morgan fingerprint density at radius 1 is 0.926 bits per heavy atom. The standard InChI is InChI=1S/C22H17NO3S/c24-21-20(27-22(25)23-21)14-15-8-10-18(11-9-15)26-13-12-17-6-3-5-16-4-1-2-7-19(16)17/h1-11,14H,12-13H2,(H,23,24,25)/b20-14-. The van der Waals surface area contributed by atoms with E-state index < -0.39 is 0 Å². The first kappa shape index (κ1) is 17.4. The molecule has 27 heavy (non-hydrogen) atoms. The molecule has 0 radical (unpaired) electrons. The van der Waals surface area contributed by atoms with Crippen molar-refractivity contribution < 1.29 is 14.3 Å². The molecule has 4 rings (SSSR count). The van der Waals surface area contributed by atoms with Crippen LogP contribution in [0.5, 0.6) is 5.75 Å². The van der Waals surface area contributed by atoms with Crippen LogP contribution in [-0.2, 0) is 11.2 Å². The quantitative estimate of drug-likeness (QED) is 0.652. The average Bonchev–Trinajstić information content (AvgIpc) is 3.00. The lowest BCUT2D eigenvalue weighted by Gasteiger charge is -2.09. The van der Waals surface area contributed by atoms with E-state index in [1.54, 1.807) is 6.08 Å². The number of thioether (sulfide) groups is 1. The van der Waals surface area contributed by atoms with Gasteiger partial charge in [-0.3, -0.25) is 14.9 Å². The highest BCUT2D eigenvalue weighted by molar-refractivity contribution is 8.18. The number of benzene rings is 3. The summed E-state index contributed by atoms with van der Waals surface area (Å²) < 4.78 is 5.86. The maximum absolute atomic E-state index is 11.6. The van der Waals surface area contributed by atoms with Gasteiger partial charge >= 0.3 is 0 Å². The summed E-state index contributed by atoms with van der Waals surface area (Å²) in [4.78, 5) is 23.2. The number of nitrogens with one attached hydrogen (secondary N) is 1. The number of rotatable bonds is 5. The van der Waals surface area contributed by atoms with E-state index in [4.69, 9.17) is 4.74 Å². The third-order valence-corrected chi connectivity index (χ3v) is 5.15. The number of fused-ring (bicyclic) bond motifs is 1. The van der Waals surface area contributed by atoms with Crippen molar-refractivity contribution in [3.05, 3.63) is 82.8 Å². The van der Waals surface area contributed by atoms with Crippen LogP contribution in [0.4, 0.5) is 4.79 Å². The molecule has 3 aromatic carbocycles. The number of ether oxygens (including phenoxy) is 1. The lowest BCUT2D eigenvalue weighted by atomic mass is 10.0. The molecule has 5 heteroatoms. The zero-order valence-corrected chi connectivity index (χ0v) is 15.3. The average molecular weight is 375 g/mol. The van der Waals surface area contributed by atoms with E-state index in [2.05, 4.69) is 41.7 Å². The monoisotopic (exact) mass is 375 g/mol. The van der Waals surface area contributed by atoms with E-state index in [9.17, 15) is 9.59 Å². The normalized spacial score (nSPS) is 15.3. The molecule has 0 aromatic heterocycles. The van der Waals surface area contributed by atoms with Crippen molar-refractivity contribution in [2.45, 2.75) is 6.42 Å². The maximum atomic E-state index is 11.6. The predicted octanol–water partition coefficient (Wildman–Crippen LogP) is 4.79. The van der Waals surface area contributed by atoms with Crippen LogP contribution >= 0.6 is 11.8 Å². The van der Waals surface area contributed by atoms with Crippen molar-refractivity contribution >= 4 is 39.8 Å². The molecule has 1 aliphatic rings. The number of imide groups is 1. The van der Waals surface area contributed by atoms with Gasteiger partial charge in [0, 0.05) is 6.42 Å². The van der Waals surface area contributed by atoms with Crippen LogP contribution in [0.25, 0.3) is 16.8 Å². The Morgan fingerprint density at radius 3 is 2.48 bits per heavy atom. The van der Waals surface area contributed by atoms with E-state index in [0.717, 1.165) is 29.5 Å². The Kier molecular flexibility index (Phi) is 4.94. The van der Waals surface area contributed by atoms with Gasteiger partial charge < -0.3 is 4.74 Å². The van der Waals surface area contributed by atoms with Crippen molar-refractivity contribution in [2.24, 2.45) is 0 Å². The molecule has 0 aliphatic carbocycles. The maximum Gasteiger partial charge on any atom is 0.290 e. The molecule has 0 saturated carbocycles. The van der Waals surface area contributed by atoms with E-state index >= 15 is 0 Å². The van der Waals surface area contributed by atoms with Gasteiger partial charge in [-0.05, 0) is 51.9 Å². The van der Waals surface area contributed by atoms with Crippen LogP contribution in [0, 0.1) is 0 Å². The summed E-state index contributed by atoms with van der Waals surface area (Å²) in [7, 11) is 0. The van der Waals surface area contributed by atoms with E-state index in [1.165, 1.54) is 16.3 Å². The van der Waals surface area contributed by atoms with Crippen LogP contribution in [0.2, 0.25) is 0 Å². The second kappa shape index (κ2) is 7.68. The van der Waals surface area contributed by atoms with Crippen molar-refractivity contribution in [1.82, 2.24) is 5.32 Å². The topological polar surface area (TPSA) is 55.4 Å². The van der Waals surface area contributed by atoms with Gasteiger partial charge in [0.05, 0.1) is 11.5 Å². The number of carbonyl (C=O) groups is 2. The third kappa shape index (κ3) is 4.04. The number of hydrogen-bond acceptors (Lipinski definition) is 4. The number of carbonyl (C=O) groups excluding carboxylic acids is 2. The smallest absolute Gasteiger partial charge is 0.290 e. The Bertz CT molecular complexity index is 1040.